The van der Waals surface area contributed by atoms with Crippen LogP contribution in [-0.4, -0.2) is 22.1 Å². The molecule has 5 nitrogen and oxygen atoms in total. The van der Waals surface area contributed by atoms with Crippen molar-refractivity contribution in [2.45, 2.75) is 21.4 Å². The van der Waals surface area contributed by atoms with Gasteiger partial charge in [-0.1, -0.05) is 42.1 Å². The third-order valence-corrected chi connectivity index (χ3v) is 6.26. The van der Waals surface area contributed by atoms with Crippen molar-refractivity contribution in [2.24, 2.45) is 0 Å². The average Bonchev–Trinajstić information content (AvgIpc) is 2.85. The molecule has 3 aromatic carbocycles. The molecule has 7 heteroatoms. The Hall–Kier alpha value is -3.29. The summed E-state index contributed by atoms with van der Waals surface area (Å²) >= 11 is 3.18. The molecule has 0 unspecified atom stereocenters. The second kappa shape index (κ2) is 10.8. The van der Waals surface area contributed by atoms with E-state index in [1.54, 1.807) is 48.4 Å². The minimum Gasteiger partial charge on any atom is -0.437 e. The number of carbonyl (C=O) groups is 1. The largest absolute Gasteiger partial charge is 0.437 e. The number of benzene rings is 3. The van der Waals surface area contributed by atoms with Gasteiger partial charge in [0, 0.05) is 34.3 Å². The van der Waals surface area contributed by atoms with E-state index in [2.05, 4.69) is 27.4 Å². The van der Waals surface area contributed by atoms with Crippen LogP contribution >= 0.6 is 23.5 Å². The van der Waals surface area contributed by atoms with Crippen molar-refractivity contribution < 1.29 is 9.53 Å². The normalized spacial score (nSPS) is 10.5. The van der Waals surface area contributed by atoms with E-state index in [1.165, 1.54) is 16.7 Å². The predicted octanol–water partition coefficient (Wildman–Crippen LogP) is 6.07. The lowest BCUT2D eigenvalue weighted by atomic mass is 10.2. The van der Waals surface area contributed by atoms with Gasteiger partial charge in [-0.25, -0.2) is 9.97 Å². The van der Waals surface area contributed by atoms with Gasteiger partial charge in [0.25, 0.3) is 11.8 Å². The van der Waals surface area contributed by atoms with Crippen molar-refractivity contribution >= 4 is 29.4 Å². The van der Waals surface area contributed by atoms with Gasteiger partial charge >= 0.3 is 0 Å². The van der Waals surface area contributed by atoms with Gasteiger partial charge in [0.05, 0.1) is 0 Å². The van der Waals surface area contributed by atoms with E-state index in [1.807, 2.05) is 48.7 Å². The van der Waals surface area contributed by atoms with Crippen LogP contribution in [0, 0.1) is 0 Å². The van der Waals surface area contributed by atoms with Crippen molar-refractivity contribution in [1.29, 1.82) is 0 Å². The van der Waals surface area contributed by atoms with Crippen LogP contribution in [0.25, 0.3) is 0 Å². The molecule has 1 heterocycles. The zero-order valence-electron chi connectivity index (χ0n) is 17.4. The maximum absolute atomic E-state index is 12.5. The predicted molar refractivity (Wildman–Crippen MR) is 129 cm³/mol. The summed E-state index contributed by atoms with van der Waals surface area (Å²) in [7, 11) is 0. The number of hydrogen-bond acceptors (Lipinski definition) is 6. The molecule has 4 aromatic rings. The first kappa shape index (κ1) is 21.9. The maximum atomic E-state index is 12.5. The number of hydrogen-bond donors (Lipinski definition) is 1. The Morgan fingerprint density at radius 2 is 1.59 bits per heavy atom. The molecule has 0 bridgehead atoms. The number of nitrogens with zero attached hydrogens (tertiary/aromatic N) is 2. The molecule has 0 aliphatic carbocycles. The molecule has 0 aliphatic heterocycles. The van der Waals surface area contributed by atoms with Crippen molar-refractivity contribution in [3.63, 3.8) is 0 Å². The highest BCUT2D eigenvalue weighted by Gasteiger charge is 2.11. The van der Waals surface area contributed by atoms with Crippen LogP contribution in [0.2, 0.25) is 0 Å². The van der Waals surface area contributed by atoms with Crippen molar-refractivity contribution in [3.8, 4) is 11.6 Å². The maximum Gasteiger partial charge on any atom is 0.252 e. The Morgan fingerprint density at radius 3 is 2.31 bits per heavy atom. The number of nitrogens with one attached hydrogen (secondary N) is 1. The summed E-state index contributed by atoms with van der Waals surface area (Å²) in [5.41, 5.74) is 1.62. The summed E-state index contributed by atoms with van der Waals surface area (Å²) in [4.78, 5) is 23.4. The summed E-state index contributed by atoms with van der Waals surface area (Å²) in [6, 6.07) is 25.1. The zero-order chi connectivity index (χ0) is 22.2. The molecule has 0 saturated heterocycles. The Morgan fingerprint density at radius 1 is 0.875 bits per heavy atom. The molecule has 1 aromatic heterocycles. The van der Waals surface area contributed by atoms with E-state index in [9.17, 15) is 4.79 Å². The van der Waals surface area contributed by atoms with Crippen molar-refractivity contribution in [2.75, 3.05) is 6.26 Å². The Kier molecular flexibility index (Phi) is 7.42. The third kappa shape index (κ3) is 5.90. The lowest BCUT2D eigenvalue weighted by molar-refractivity contribution is 0.0951. The van der Waals surface area contributed by atoms with Crippen molar-refractivity contribution in [3.05, 3.63) is 102 Å². The summed E-state index contributed by atoms with van der Waals surface area (Å²) in [5, 5.41) is 3.62. The molecule has 0 fully saturated rings. The second-order valence-electron chi connectivity index (χ2n) is 6.74. The van der Waals surface area contributed by atoms with Gasteiger partial charge in [0.1, 0.15) is 5.75 Å². The van der Waals surface area contributed by atoms with Crippen LogP contribution < -0.4 is 10.1 Å². The molecule has 32 heavy (non-hydrogen) atoms. The van der Waals surface area contributed by atoms with E-state index < -0.39 is 0 Å². The van der Waals surface area contributed by atoms with Crippen LogP contribution in [0.15, 0.2) is 106 Å². The van der Waals surface area contributed by atoms with Gasteiger partial charge in [-0.05, 0) is 60.4 Å². The smallest absolute Gasteiger partial charge is 0.252 e. The summed E-state index contributed by atoms with van der Waals surface area (Å²) < 4.78 is 5.94. The number of amides is 1. The van der Waals surface area contributed by atoms with E-state index in [0.29, 0.717) is 28.8 Å². The summed E-state index contributed by atoms with van der Waals surface area (Å²) in [6.45, 7) is 0.478. The van der Waals surface area contributed by atoms with Gasteiger partial charge < -0.3 is 10.1 Å². The first-order valence-electron chi connectivity index (χ1n) is 9.94. The molecule has 1 N–H and O–H groups in total. The van der Waals surface area contributed by atoms with Crippen molar-refractivity contribution in [1.82, 2.24) is 15.3 Å². The lowest BCUT2D eigenvalue weighted by Crippen LogP contribution is -2.22. The number of ether oxygens (including phenoxy) is 1. The van der Waals surface area contributed by atoms with Crippen LogP contribution in [0.4, 0.5) is 0 Å². The third-order valence-electron chi connectivity index (χ3n) is 4.53. The number of aromatic nitrogens is 2. The molecular weight excluding hydrogens is 438 g/mol. The Labute approximate surface area is 195 Å². The van der Waals surface area contributed by atoms with Crippen LogP contribution in [0.1, 0.15) is 15.9 Å². The standard InChI is InChI=1S/C25H21N3O2S2/c1-31-21-13-7-18(8-14-21)17-28-23(29)19-9-11-20(12-10-19)30-24-25(27-16-15-26-24)32-22-5-3-2-4-6-22/h2-16H,17H2,1H3,(H,28,29). The molecular formula is C25H21N3O2S2. The number of rotatable bonds is 8. The Balaban J connectivity index is 1.38. The quantitative estimate of drug-likeness (QED) is 0.323. The van der Waals surface area contributed by atoms with Gasteiger partial charge in [-0.2, -0.15) is 0 Å². The van der Waals surface area contributed by atoms with E-state index in [4.69, 9.17) is 4.74 Å². The highest BCUT2D eigenvalue weighted by molar-refractivity contribution is 7.99. The molecule has 0 aliphatic rings. The molecule has 0 saturated carbocycles. The monoisotopic (exact) mass is 459 g/mol. The first-order chi connectivity index (χ1) is 15.7. The summed E-state index contributed by atoms with van der Waals surface area (Å²) in [5.74, 6) is 0.877. The van der Waals surface area contributed by atoms with Crippen LogP contribution in [-0.2, 0) is 6.54 Å². The summed E-state index contributed by atoms with van der Waals surface area (Å²) in [6.07, 6.45) is 5.27. The first-order valence-corrected chi connectivity index (χ1v) is 12.0. The minimum atomic E-state index is -0.134. The molecule has 1 amide bonds. The minimum absolute atomic E-state index is 0.134. The Bertz CT molecular complexity index is 1170. The molecule has 0 spiro atoms. The topological polar surface area (TPSA) is 64.1 Å². The number of carbonyl (C=O) groups excluding carboxylic acids is 1. The average molecular weight is 460 g/mol. The fourth-order valence-electron chi connectivity index (χ4n) is 2.87. The van der Waals surface area contributed by atoms with Gasteiger partial charge in [0.15, 0.2) is 5.03 Å². The van der Waals surface area contributed by atoms with Crippen LogP contribution in [0.3, 0.4) is 0 Å². The second-order valence-corrected chi connectivity index (χ2v) is 8.68. The zero-order valence-corrected chi connectivity index (χ0v) is 19.0. The van der Waals surface area contributed by atoms with Gasteiger partial charge in [-0.3, -0.25) is 4.79 Å². The highest BCUT2D eigenvalue weighted by Crippen LogP contribution is 2.33. The molecule has 0 radical (unpaired) electrons. The van der Waals surface area contributed by atoms with Gasteiger partial charge in [0.2, 0.25) is 0 Å². The van der Waals surface area contributed by atoms with Crippen LogP contribution in [0.5, 0.6) is 11.6 Å². The fourth-order valence-corrected chi connectivity index (χ4v) is 4.09. The van der Waals surface area contributed by atoms with E-state index >= 15 is 0 Å². The molecule has 4 rings (SSSR count). The molecule has 0 atom stereocenters. The van der Waals surface area contributed by atoms with Gasteiger partial charge in [-0.15, -0.1) is 11.8 Å². The van der Waals surface area contributed by atoms with E-state index in [0.717, 1.165) is 10.5 Å². The highest BCUT2D eigenvalue weighted by atomic mass is 32.2. The fraction of sp³-hybridized carbons (Fsp3) is 0.0800. The molecule has 160 valence electrons. The number of thioether (sulfide) groups is 1. The van der Waals surface area contributed by atoms with E-state index in [-0.39, 0.29) is 5.91 Å². The SMILES string of the molecule is CSc1ccc(CNC(=O)c2ccc(Oc3nccnc3Sc3ccccc3)cc2)cc1. The lowest BCUT2D eigenvalue weighted by Gasteiger charge is -2.10.